The number of piperidine rings is 3. The predicted octanol–water partition coefficient (Wildman–Crippen LogP) is 2.81. The van der Waals surface area contributed by atoms with E-state index in [9.17, 15) is 14.9 Å². The number of benzene rings is 1. The highest BCUT2D eigenvalue weighted by molar-refractivity contribution is 5.98. The van der Waals surface area contributed by atoms with Crippen LogP contribution in [0.25, 0.3) is 11.0 Å². The summed E-state index contributed by atoms with van der Waals surface area (Å²) in [5, 5.41) is 14.6. The number of rotatable bonds is 4. The Labute approximate surface area is 151 Å². The molecule has 3 aliphatic heterocycles. The van der Waals surface area contributed by atoms with Crippen LogP contribution in [-0.2, 0) is 0 Å². The molecule has 26 heavy (non-hydrogen) atoms. The van der Waals surface area contributed by atoms with Crippen molar-refractivity contribution < 1.29 is 18.9 Å². The topological polar surface area (TPSA) is 97.8 Å². The molecule has 3 aliphatic rings. The van der Waals surface area contributed by atoms with Crippen molar-refractivity contribution in [1.82, 2.24) is 10.2 Å². The molecule has 8 nitrogen and oxygen atoms in total. The first-order valence-corrected chi connectivity index (χ1v) is 8.34. The van der Waals surface area contributed by atoms with Gasteiger partial charge in [0.15, 0.2) is 17.1 Å². The minimum atomic E-state index is -0.498. The number of nitro groups is 1. The molecule has 0 radical (unpaired) electrons. The van der Waals surface area contributed by atoms with E-state index in [2.05, 4.69) is 10.2 Å². The van der Waals surface area contributed by atoms with Crippen molar-refractivity contribution in [3.05, 3.63) is 34.1 Å². The number of carbonyl (C=O) groups excluding carboxylic acids is 1. The lowest BCUT2D eigenvalue weighted by Crippen LogP contribution is -2.57. The van der Waals surface area contributed by atoms with E-state index < -0.39 is 4.92 Å². The summed E-state index contributed by atoms with van der Waals surface area (Å²) in [7, 11) is 1.41. The zero-order valence-corrected chi connectivity index (χ0v) is 13.9. The fraction of sp³-hybridized carbons (Fsp3) is 0.500. The third-order valence-corrected chi connectivity index (χ3v) is 5.19. The molecule has 0 saturated carbocycles. The molecule has 1 N–H and O–H groups in total. The number of hydrogen-bond donors (Lipinski definition) is 1. The molecule has 1 aromatic heterocycles. The second kappa shape index (κ2) is 6.95. The third-order valence-electron chi connectivity index (χ3n) is 5.19. The Morgan fingerprint density at radius 1 is 1.35 bits per heavy atom. The maximum absolute atomic E-state index is 12.6. The van der Waals surface area contributed by atoms with Crippen LogP contribution in [-0.4, -0.2) is 48.5 Å². The van der Waals surface area contributed by atoms with Crippen LogP contribution in [0.5, 0.6) is 5.75 Å². The van der Waals surface area contributed by atoms with E-state index >= 15 is 0 Å². The van der Waals surface area contributed by atoms with Gasteiger partial charge >= 0.3 is 0 Å². The Morgan fingerprint density at radius 2 is 2.08 bits per heavy atom. The smallest absolute Gasteiger partial charge is 0.287 e. The number of methoxy groups -OCH3 is 1. The summed E-state index contributed by atoms with van der Waals surface area (Å²) in [6.07, 6.45) is 2.20. The molecule has 0 aliphatic carbocycles. The van der Waals surface area contributed by atoms with Crippen LogP contribution in [0, 0.1) is 16.0 Å². The van der Waals surface area contributed by atoms with E-state index in [-0.39, 0.29) is 36.6 Å². The van der Waals surface area contributed by atoms with Gasteiger partial charge in [-0.05, 0) is 37.9 Å². The number of non-ortho nitro benzene ring substituents is 1. The van der Waals surface area contributed by atoms with Crippen LogP contribution >= 0.6 is 0 Å². The number of nitrogens with one attached hydrogen (secondary N) is 1. The van der Waals surface area contributed by atoms with Crippen LogP contribution in [0.2, 0.25) is 0 Å². The fourth-order valence-corrected chi connectivity index (χ4v) is 3.84. The first-order valence-electron chi connectivity index (χ1n) is 8.34. The van der Waals surface area contributed by atoms with Crippen LogP contribution in [0.1, 0.15) is 30.8 Å². The summed E-state index contributed by atoms with van der Waals surface area (Å²) in [6, 6.07) is 4.33. The van der Waals surface area contributed by atoms with Crippen molar-refractivity contribution in [2.45, 2.75) is 26.3 Å². The van der Waals surface area contributed by atoms with Gasteiger partial charge in [-0.1, -0.05) is 7.43 Å². The largest absolute Gasteiger partial charge is 0.493 e. The quantitative estimate of drug-likeness (QED) is 0.664. The first kappa shape index (κ1) is 18.2. The Morgan fingerprint density at radius 3 is 2.65 bits per heavy atom. The number of ether oxygens (including phenoxy) is 1. The van der Waals surface area contributed by atoms with Gasteiger partial charge in [-0.2, -0.15) is 0 Å². The van der Waals surface area contributed by atoms with Gasteiger partial charge in [0.25, 0.3) is 11.6 Å². The zero-order chi connectivity index (χ0) is 17.6. The average molecular weight is 361 g/mol. The van der Waals surface area contributed by atoms with Gasteiger partial charge in [0.2, 0.25) is 0 Å². The maximum atomic E-state index is 12.6. The SMILES string of the molecule is C.COc1cc([N+](=O)[O-])cc2cc(C(=O)N[C@H]3CN4CCC3CC4)oc12. The van der Waals surface area contributed by atoms with E-state index in [1.54, 1.807) is 0 Å². The number of furan rings is 1. The molecular weight excluding hydrogens is 338 g/mol. The summed E-state index contributed by atoms with van der Waals surface area (Å²) in [5.41, 5.74) is 0.238. The van der Waals surface area contributed by atoms with Crippen molar-refractivity contribution in [2.75, 3.05) is 26.7 Å². The first-order chi connectivity index (χ1) is 12.0. The van der Waals surface area contributed by atoms with Crippen LogP contribution < -0.4 is 10.1 Å². The summed E-state index contributed by atoms with van der Waals surface area (Å²) >= 11 is 0. The number of nitro benzene ring substituents is 1. The number of carbonyl (C=O) groups is 1. The Bertz CT molecular complexity index is 839. The minimum absolute atomic E-state index is 0. The second-order valence-electron chi connectivity index (χ2n) is 6.65. The van der Waals surface area contributed by atoms with E-state index in [0.29, 0.717) is 16.9 Å². The zero-order valence-electron chi connectivity index (χ0n) is 13.9. The Kier molecular flexibility index (Phi) is 4.86. The highest BCUT2D eigenvalue weighted by atomic mass is 16.6. The normalized spacial score (nSPS) is 24.1. The van der Waals surface area contributed by atoms with Gasteiger partial charge in [0.1, 0.15) is 0 Å². The predicted molar refractivity (Wildman–Crippen MR) is 96.6 cm³/mol. The molecule has 8 heteroatoms. The molecule has 4 heterocycles. The van der Waals surface area contributed by atoms with Gasteiger partial charge < -0.3 is 19.4 Å². The highest BCUT2D eigenvalue weighted by Crippen LogP contribution is 2.34. The van der Waals surface area contributed by atoms with E-state index in [4.69, 9.17) is 9.15 Å². The molecular formula is C18H23N3O5. The van der Waals surface area contributed by atoms with E-state index in [1.807, 2.05) is 0 Å². The Hall–Kier alpha value is -2.61. The van der Waals surface area contributed by atoms with Crippen molar-refractivity contribution in [1.29, 1.82) is 0 Å². The van der Waals surface area contributed by atoms with Gasteiger partial charge in [0, 0.05) is 24.0 Å². The second-order valence-corrected chi connectivity index (χ2v) is 6.65. The van der Waals surface area contributed by atoms with Gasteiger partial charge in [-0.3, -0.25) is 14.9 Å². The third kappa shape index (κ3) is 3.12. The van der Waals surface area contributed by atoms with Crippen molar-refractivity contribution in [3.8, 4) is 5.75 Å². The molecule has 3 fully saturated rings. The monoisotopic (exact) mass is 361 g/mol. The van der Waals surface area contributed by atoms with E-state index in [0.717, 1.165) is 32.5 Å². The molecule has 3 saturated heterocycles. The van der Waals surface area contributed by atoms with Gasteiger partial charge in [-0.25, -0.2) is 0 Å². The molecule has 0 unspecified atom stereocenters. The maximum Gasteiger partial charge on any atom is 0.287 e. The molecule has 1 aromatic carbocycles. The highest BCUT2D eigenvalue weighted by Gasteiger charge is 2.35. The van der Waals surface area contributed by atoms with Crippen molar-refractivity contribution in [3.63, 3.8) is 0 Å². The fourth-order valence-electron chi connectivity index (χ4n) is 3.84. The lowest BCUT2D eigenvalue weighted by atomic mass is 9.84. The van der Waals surface area contributed by atoms with Gasteiger partial charge in [0.05, 0.1) is 18.1 Å². The average Bonchev–Trinajstić information content (AvgIpc) is 3.06. The lowest BCUT2D eigenvalue weighted by molar-refractivity contribution is -0.384. The van der Waals surface area contributed by atoms with E-state index in [1.165, 1.54) is 25.3 Å². The molecule has 2 aromatic rings. The van der Waals surface area contributed by atoms with Crippen LogP contribution in [0.15, 0.2) is 22.6 Å². The van der Waals surface area contributed by atoms with Crippen molar-refractivity contribution >= 4 is 22.6 Å². The molecule has 1 amide bonds. The Balaban J connectivity index is 0.00000196. The lowest BCUT2D eigenvalue weighted by Gasteiger charge is -2.44. The van der Waals surface area contributed by atoms with Crippen LogP contribution in [0.4, 0.5) is 5.69 Å². The summed E-state index contributed by atoms with van der Waals surface area (Å²) in [6.45, 7) is 3.07. The minimum Gasteiger partial charge on any atom is -0.493 e. The van der Waals surface area contributed by atoms with Crippen LogP contribution in [0.3, 0.4) is 0 Å². The molecule has 5 rings (SSSR count). The molecule has 140 valence electrons. The molecule has 2 bridgehead atoms. The number of fused-ring (bicyclic) bond motifs is 4. The number of amides is 1. The standard InChI is InChI=1S/C17H19N3O5.CH4/c1-24-14-8-12(20(22)23)6-11-7-15(25-16(11)14)17(21)18-13-9-19-4-2-10(13)3-5-19;/h6-8,10,13H,2-5,9H2,1H3,(H,18,21);1H4/t13-;/m0./s1. The van der Waals surface area contributed by atoms with Gasteiger partial charge in [-0.15, -0.1) is 0 Å². The summed E-state index contributed by atoms with van der Waals surface area (Å²) in [5.74, 6) is 0.602. The molecule has 0 spiro atoms. The van der Waals surface area contributed by atoms with Crippen molar-refractivity contribution in [2.24, 2.45) is 5.92 Å². The summed E-state index contributed by atoms with van der Waals surface area (Å²) in [4.78, 5) is 25.5. The number of hydrogen-bond acceptors (Lipinski definition) is 6. The number of nitrogens with zero attached hydrogens (tertiary/aromatic N) is 2. The molecule has 1 atom stereocenters. The summed E-state index contributed by atoms with van der Waals surface area (Å²) < 4.78 is 10.8.